The van der Waals surface area contributed by atoms with Crippen LogP contribution < -0.4 is 0 Å². The van der Waals surface area contributed by atoms with Gasteiger partial charge >= 0.3 is 0 Å². The van der Waals surface area contributed by atoms with Crippen molar-refractivity contribution in [2.75, 3.05) is 6.26 Å². The standard InChI is InChI=1S/C7H7N3O2S/c1-13(11,12)7-5-4-8-3-2-6(5)9-10-7/h2-4H,1H3,(H,9,10). The molecule has 2 rings (SSSR count). The molecule has 13 heavy (non-hydrogen) atoms. The molecule has 0 radical (unpaired) electrons. The van der Waals surface area contributed by atoms with Crippen molar-refractivity contribution >= 4 is 20.7 Å². The molecule has 0 bridgehead atoms. The van der Waals surface area contributed by atoms with Gasteiger partial charge < -0.3 is 0 Å². The van der Waals surface area contributed by atoms with Gasteiger partial charge in [-0.1, -0.05) is 0 Å². The maximum atomic E-state index is 11.2. The van der Waals surface area contributed by atoms with E-state index in [-0.39, 0.29) is 5.03 Å². The van der Waals surface area contributed by atoms with Crippen LogP contribution >= 0.6 is 0 Å². The monoisotopic (exact) mass is 197 g/mol. The minimum Gasteiger partial charge on any atom is -0.266 e. The molecule has 0 fully saturated rings. The molecule has 0 spiro atoms. The summed E-state index contributed by atoms with van der Waals surface area (Å²) in [6.07, 6.45) is 4.18. The molecule has 2 heterocycles. The van der Waals surface area contributed by atoms with Crippen molar-refractivity contribution in [3.8, 4) is 0 Å². The van der Waals surface area contributed by atoms with E-state index in [1.54, 1.807) is 12.3 Å². The van der Waals surface area contributed by atoms with Gasteiger partial charge in [-0.2, -0.15) is 5.10 Å². The fourth-order valence-electron chi connectivity index (χ4n) is 1.11. The number of nitrogens with zero attached hydrogens (tertiary/aromatic N) is 2. The molecule has 0 aliphatic heterocycles. The van der Waals surface area contributed by atoms with Crippen molar-refractivity contribution in [1.29, 1.82) is 0 Å². The van der Waals surface area contributed by atoms with E-state index in [0.717, 1.165) is 6.26 Å². The first kappa shape index (κ1) is 8.18. The highest BCUT2D eigenvalue weighted by molar-refractivity contribution is 7.90. The molecule has 5 nitrogen and oxygen atoms in total. The van der Waals surface area contributed by atoms with Crippen LogP contribution in [0.1, 0.15) is 0 Å². The third kappa shape index (κ3) is 1.29. The highest BCUT2D eigenvalue weighted by Crippen LogP contribution is 2.17. The van der Waals surface area contributed by atoms with Crippen molar-refractivity contribution in [3.63, 3.8) is 0 Å². The molecule has 68 valence electrons. The van der Waals surface area contributed by atoms with Crippen molar-refractivity contribution in [2.24, 2.45) is 0 Å². The summed E-state index contributed by atoms with van der Waals surface area (Å²) >= 11 is 0. The Bertz CT molecular complexity index is 544. The first-order valence-corrected chi connectivity index (χ1v) is 5.46. The Kier molecular flexibility index (Phi) is 1.59. The number of hydrogen-bond acceptors (Lipinski definition) is 4. The lowest BCUT2D eigenvalue weighted by Gasteiger charge is -1.91. The predicted octanol–water partition coefficient (Wildman–Crippen LogP) is 0.361. The van der Waals surface area contributed by atoms with E-state index in [1.807, 2.05) is 0 Å². The Balaban J connectivity index is 2.87. The summed E-state index contributed by atoms with van der Waals surface area (Å²) in [4.78, 5) is 3.83. The molecule has 0 amide bonds. The van der Waals surface area contributed by atoms with Crippen molar-refractivity contribution in [3.05, 3.63) is 18.5 Å². The number of fused-ring (bicyclic) bond motifs is 1. The molecule has 0 atom stereocenters. The SMILES string of the molecule is CS(=O)(=O)c1[nH]nc2ccncc12. The van der Waals surface area contributed by atoms with E-state index in [4.69, 9.17) is 0 Å². The van der Waals surface area contributed by atoms with Gasteiger partial charge in [-0.3, -0.25) is 10.1 Å². The summed E-state index contributed by atoms with van der Waals surface area (Å²) in [6.45, 7) is 0. The number of pyridine rings is 1. The third-order valence-electron chi connectivity index (χ3n) is 1.69. The molecule has 0 unspecified atom stereocenters. The van der Waals surface area contributed by atoms with Crippen LogP contribution in [0, 0.1) is 0 Å². The van der Waals surface area contributed by atoms with E-state index < -0.39 is 9.84 Å². The zero-order valence-electron chi connectivity index (χ0n) is 6.85. The molecule has 0 aromatic carbocycles. The fourth-order valence-corrected chi connectivity index (χ4v) is 1.88. The van der Waals surface area contributed by atoms with Gasteiger partial charge in [0.2, 0.25) is 0 Å². The summed E-state index contributed by atoms with van der Waals surface area (Å²) in [7, 11) is -3.24. The average Bonchev–Trinajstić information content (AvgIpc) is 2.45. The summed E-state index contributed by atoms with van der Waals surface area (Å²) in [5.74, 6) is 0. The zero-order chi connectivity index (χ0) is 9.47. The molecule has 0 saturated carbocycles. The van der Waals surface area contributed by atoms with Crippen molar-refractivity contribution in [1.82, 2.24) is 15.2 Å². The summed E-state index contributed by atoms with van der Waals surface area (Å²) in [6, 6.07) is 1.65. The Morgan fingerprint density at radius 2 is 2.23 bits per heavy atom. The number of hydrogen-bond donors (Lipinski definition) is 1. The van der Waals surface area contributed by atoms with Crippen LogP contribution in [-0.2, 0) is 9.84 Å². The number of rotatable bonds is 1. The molecule has 0 aliphatic rings. The second kappa shape index (κ2) is 2.53. The van der Waals surface area contributed by atoms with Crippen LogP contribution in [0.2, 0.25) is 0 Å². The van der Waals surface area contributed by atoms with Gasteiger partial charge in [0.1, 0.15) is 0 Å². The minimum atomic E-state index is -3.24. The Hall–Kier alpha value is -1.43. The zero-order valence-corrected chi connectivity index (χ0v) is 7.67. The van der Waals surface area contributed by atoms with E-state index >= 15 is 0 Å². The maximum absolute atomic E-state index is 11.2. The van der Waals surface area contributed by atoms with Crippen LogP contribution in [0.15, 0.2) is 23.5 Å². The van der Waals surface area contributed by atoms with Gasteiger partial charge in [0.15, 0.2) is 14.9 Å². The maximum Gasteiger partial charge on any atom is 0.192 e. The highest BCUT2D eigenvalue weighted by atomic mass is 32.2. The normalized spacial score (nSPS) is 12.1. The van der Waals surface area contributed by atoms with Crippen LogP contribution in [0.25, 0.3) is 10.9 Å². The first-order chi connectivity index (χ1) is 6.09. The fraction of sp³-hybridized carbons (Fsp3) is 0.143. The van der Waals surface area contributed by atoms with Crippen molar-refractivity contribution < 1.29 is 8.42 Å². The van der Waals surface area contributed by atoms with Gasteiger partial charge in [0, 0.05) is 18.6 Å². The Morgan fingerprint density at radius 3 is 2.92 bits per heavy atom. The molecule has 1 N–H and O–H groups in total. The number of aromatic amines is 1. The number of H-pyrrole nitrogens is 1. The Labute approximate surface area is 74.7 Å². The number of nitrogens with one attached hydrogen (secondary N) is 1. The first-order valence-electron chi connectivity index (χ1n) is 3.57. The summed E-state index contributed by atoms with van der Waals surface area (Å²) in [5.41, 5.74) is 0.607. The molecule has 0 aliphatic carbocycles. The van der Waals surface area contributed by atoms with Gasteiger partial charge in [0.05, 0.1) is 10.9 Å². The average molecular weight is 197 g/mol. The second-order valence-electron chi connectivity index (χ2n) is 2.72. The molecule has 2 aromatic heterocycles. The predicted molar refractivity (Wildman–Crippen MR) is 47.0 cm³/mol. The van der Waals surface area contributed by atoms with Crippen LogP contribution in [0.4, 0.5) is 0 Å². The van der Waals surface area contributed by atoms with Gasteiger partial charge in [-0.15, -0.1) is 0 Å². The lowest BCUT2D eigenvalue weighted by atomic mass is 10.3. The molecule has 6 heteroatoms. The molecule has 0 saturated heterocycles. The van der Waals surface area contributed by atoms with Gasteiger partial charge in [-0.25, -0.2) is 8.42 Å². The topological polar surface area (TPSA) is 75.7 Å². The van der Waals surface area contributed by atoms with Crippen LogP contribution in [-0.4, -0.2) is 29.9 Å². The molecule has 2 aromatic rings. The van der Waals surface area contributed by atoms with Crippen LogP contribution in [0.3, 0.4) is 0 Å². The molecular formula is C7H7N3O2S. The quantitative estimate of drug-likeness (QED) is 0.716. The van der Waals surface area contributed by atoms with E-state index in [9.17, 15) is 8.42 Å². The largest absolute Gasteiger partial charge is 0.266 e. The smallest absolute Gasteiger partial charge is 0.192 e. The number of sulfone groups is 1. The van der Waals surface area contributed by atoms with Crippen molar-refractivity contribution in [2.45, 2.75) is 5.03 Å². The second-order valence-corrected chi connectivity index (χ2v) is 4.67. The summed E-state index contributed by atoms with van der Waals surface area (Å²) < 4.78 is 22.4. The lowest BCUT2D eigenvalue weighted by Crippen LogP contribution is -1.97. The lowest BCUT2D eigenvalue weighted by molar-refractivity contribution is 0.598. The summed E-state index contributed by atoms with van der Waals surface area (Å²) in [5, 5.41) is 6.97. The van der Waals surface area contributed by atoms with E-state index in [2.05, 4.69) is 15.2 Å². The highest BCUT2D eigenvalue weighted by Gasteiger charge is 2.14. The number of aromatic nitrogens is 3. The third-order valence-corrected chi connectivity index (χ3v) is 2.74. The minimum absolute atomic E-state index is 0.121. The van der Waals surface area contributed by atoms with Gasteiger partial charge in [-0.05, 0) is 6.07 Å². The van der Waals surface area contributed by atoms with E-state index in [1.165, 1.54) is 6.20 Å². The van der Waals surface area contributed by atoms with Crippen LogP contribution in [0.5, 0.6) is 0 Å². The molecular weight excluding hydrogens is 190 g/mol. The van der Waals surface area contributed by atoms with E-state index in [0.29, 0.717) is 10.9 Å². The Morgan fingerprint density at radius 1 is 1.46 bits per heavy atom. The van der Waals surface area contributed by atoms with Gasteiger partial charge in [0.25, 0.3) is 0 Å².